The number of amides is 1. The molecule has 0 radical (unpaired) electrons. The van der Waals surface area contributed by atoms with Crippen LogP contribution in [0.15, 0.2) is 78.2 Å². The smallest absolute Gasteiger partial charge is 0.275 e. The highest BCUT2D eigenvalue weighted by Crippen LogP contribution is 2.21. The van der Waals surface area contributed by atoms with Gasteiger partial charge in [-0.25, -0.2) is 5.43 Å². The first kappa shape index (κ1) is 16.2. The maximum Gasteiger partial charge on any atom is 0.275 e. The van der Waals surface area contributed by atoms with E-state index in [4.69, 9.17) is 0 Å². The molecule has 0 aliphatic heterocycles. The van der Waals surface area contributed by atoms with Crippen LogP contribution < -0.4 is 5.43 Å². The molecule has 0 spiro atoms. The zero-order valence-electron chi connectivity index (χ0n) is 13.1. The van der Waals surface area contributed by atoms with Crippen LogP contribution in [-0.4, -0.2) is 26.8 Å². The van der Waals surface area contributed by atoms with Crippen molar-refractivity contribution in [2.24, 2.45) is 5.10 Å². The predicted molar refractivity (Wildman–Crippen MR) is 93.6 cm³/mol. The summed E-state index contributed by atoms with van der Waals surface area (Å²) in [7, 11) is 0. The third kappa shape index (κ3) is 3.81. The topological polar surface area (TPSA) is 94.8 Å². The average Bonchev–Trinajstić information content (AvgIpc) is 2.65. The molecule has 1 aromatic heterocycles. The molecule has 0 fully saturated rings. The van der Waals surface area contributed by atoms with Crippen LogP contribution in [0, 0.1) is 0 Å². The highest BCUT2D eigenvalue weighted by atomic mass is 16.3. The summed E-state index contributed by atoms with van der Waals surface area (Å²) in [6.45, 7) is 0. The molecule has 3 N–H and O–H groups in total. The van der Waals surface area contributed by atoms with Crippen molar-refractivity contribution in [3.8, 4) is 11.5 Å². The van der Waals surface area contributed by atoms with E-state index >= 15 is 0 Å². The summed E-state index contributed by atoms with van der Waals surface area (Å²) in [5.74, 6) is -0.990. The van der Waals surface area contributed by atoms with Gasteiger partial charge in [0.1, 0.15) is 11.5 Å². The first-order chi connectivity index (χ1) is 12.1. The fourth-order valence-corrected chi connectivity index (χ4v) is 2.27. The van der Waals surface area contributed by atoms with Gasteiger partial charge < -0.3 is 10.2 Å². The van der Waals surface area contributed by atoms with Crippen molar-refractivity contribution in [1.29, 1.82) is 0 Å². The zero-order valence-corrected chi connectivity index (χ0v) is 13.1. The monoisotopic (exact) mass is 333 g/mol. The van der Waals surface area contributed by atoms with Gasteiger partial charge in [0.25, 0.3) is 5.91 Å². The maximum absolute atomic E-state index is 12.3. The number of phenols is 2. The number of carbonyl (C=O) groups is 1. The molecule has 0 aliphatic rings. The van der Waals surface area contributed by atoms with Crippen molar-refractivity contribution in [3.63, 3.8) is 0 Å². The highest BCUT2D eigenvalue weighted by molar-refractivity contribution is 6.13. The SMILES string of the molecule is O=C(NN=C(c1ccccc1)c1ccncc1)c1cc(O)ccc1O. The van der Waals surface area contributed by atoms with E-state index in [9.17, 15) is 15.0 Å². The lowest BCUT2D eigenvalue weighted by atomic mass is 10.0. The van der Waals surface area contributed by atoms with E-state index in [1.54, 1.807) is 24.5 Å². The standard InChI is InChI=1S/C19H15N3O3/c23-15-6-7-17(24)16(12-15)19(25)22-21-18(13-4-2-1-3-5-13)14-8-10-20-11-9-14/h1-12,23-24H,(H,22,25). The number of hydrogen-bond donors (Lipinski definition) is 3. The normalized spacial score (nSPS) is 11.1. The maximum atomic E-state index is 12.3. The van der Waals surface area contributed by atoms with E-state index in [0.29, 0.717) is 5.71 Å². The number of hydrazone groups is 1. The second kappa shape index (κ2) is 7.27. The first-order valence-corrected chi connectivity index (χ1v) is 7.51. The van der Waals surface area contributed by atoms with Gasteiger partial charge in [0, 0.05) is 23.5 Å². The largest absolute Gasteiger partial charge is 0.508 e. The Kier molecular flexibility index (Phi) is 4.71. The van der Waals surface area contributed by atoms with Crippen molar-refractivity contribution < 1.29 is 15.0 Å². The van der Waals surface area contributed by atoms with Crippen molar-refractivity contribution in [2.75, 3.05) is 0 Å². The summed E-state index contributed by atoms with van der Waals surface area (Å²) in [4.78, 5) is 16.3. The molecule has 6 heteroatoms. The molecule has 0 bridgehead atoms. The molecule has 3 aromatic rings. The number of rotatable bonds is 4. The van der Waals surface area contributed by atoms with E-state index in [0.717, 1.165) is 11.1 Å². The summed E-state index contributed by atoms with van der Waals surface area (Å²) >= 11 is 0. The van der Waals surface area contributed by atoms with Crippen molar-refractivity contribution in [1.82, 2.24) is 10.4 Å². The van der Waals surface area contributed by atoms with Crippen LogP contribution in [0.2, 0.25) is 0 Å². The van der Waals surface area contributed by atoms with Gasteiger partial charge in [0.05, 0.1) is 11.3 Å². The lowest BCUT2D eigenvalue weighted by Crippen LogP contribution is -2.20. The second-order valence-corrected chi connectivity index (χ2v) is 5.20. The number of hydrogen-bond acceptors (Lipinski definition) is 5. The Bertz CT molecular complexity index is 868. The van der Waals surface area contributed by atoms with Gasteiger partial charge in [-0.3, -0.25) is 9.78 Å². The van der Waals surface area contributed by atoms with Crippen molar-refractivity contribution in [3.05, 3.63) is 89.7 Å². The third-order valence-electron chi connectivity index (χ3n) is 3.49. The Labute approximate surface area is 144 Å². The molecular formula is C19H15N3O3. The molecule has 1 amide bonds. The summed E-state index contributed by atoms with van der Waals surface area (Å²) in [5.41, 5.74) is 4.50. The van der Waals surface area contributed by atoms with E-state index in [1.165, 1.54) is 18.2 Å². The minimum atomic E-state index is -0.629. The van der Waals surface area contributed by atoms with Gasteiger partial charge in [0.2, 0.25) is 0 Å². The van der Waals surface area contributed by atoms with Crippen LogP contribution in [0.5, 0.6) is 11.5 Å². The Morgan fingerprint density at radius 3 is 2.32 bits per heavy atom. The Hall–Kier alpha value is -3.67. The Morgan fingerprint density at radius 1 is 0.920 bits per heavy atom. The van der Waals surface area contributed by atoms with E-state index in [1.807, 2.05) is 30.3 Å². The molecule has 0 saturated carbocycles. The van der Waals surface area contributed by atoms with Crippen molar-refractivity contribution >= 4 is 11.6 Å². The van der Waals surface area contributed by atoms with Gasteiger partial charge in [-0.15, -0.1) is 0 Å². The van der Waals surface area contributed by atoms with Crippen LogP contribution in [0.25, 0.3) is 0 Å². The average molecular weight is 333 g/mol. The lowest BCUT2D eigenvalue weighted by molar-refractivity contribution is 0.0952. The number of aromatic hydroxyl groups is 2. The minimum Gasteiger partial charge on any atom is -0.508 e. The number of benzene rings is 2. The summed E-state index contributed by atoms with van der Waals surface area (Å²) in [6.07, 6.45) is 3.27. The minimum absolute atomic E-state index is 0.0640. The fraction of sp³-hybridized carbons (Fsp3) is 0. The van der Waals surface area contributed by atoms with Gasteiger partial charge in [-0.05, 0) is 30.3 Å². The fourth-order valence-electron chi connectivity index (χ4n) is 2.27. The van der Waals surface area contributed by atoms with Crippen LogP contribution in [-0.2, 0) is 0 Å². The van der Waals surface area contributed by atoms with Crippen LogP contribution >= 0.6 is 0 Å². The molecule has 3 rings (SSSR count). The molecule has 0 atom stereocenters. The molecule has 2 aromatic carbocycles. The highest BCUT2D eigenvalue weighted by Gasteiger charge is 2.13. The summed E-state index contributed by atoms with van der Waals surface area (Å²) < 4.78 is 0. The molecule has 124 valence electrons. The van der Waals surface area contributed by atoms with Gasteiger partial charge >= 0.3 is 0 Å². The summed E-state index contributed by atoms with van der Waals surface area (Å²) in [6, 6.07) is 16.6. The number of aromatic nitrogens is 1. The van der Waals surface area contributed by atoms with Crippen molar-refractivity contribution in [2.45, 2.75) is 0 Å². The summed E-state index contributed by atoms with van der Waals surface area (Å²) in [5, 5.41) is 23.5. The molecular weight excluding hydrogens is 318 g/mol. The molecule has 6 nitrogen and oxygen atoms in total. The van der Waals surface area contributed by atoms with Crippen LogP contribution in [0.3, 0.4) is 0 Å². The first-order valence-electron chi connectivity index (χ1n) is 7.51. The van der Waals surface area contributed by atoms with E-state index < -0.39 is 5.91 Å². The number of phenolic OH excluding ortho intramolecular Hbond substituents is 2. The zero-order chi connectivity index (χ0) is 17.6. The van der Waals surface area contributed by atoms with Gasteiger partial charge in [-0.1, -0.05) is 30.3 Å². The number of pyridine rings is 1. The Balaban J connectivity index is 1.94. The Morgan fingerprint density at radius 2 is 1.60 bits per heavy atom. The lowest BCUT2D eigenvalue weighted by Gasteiger charge is -2.08. The van der Waals surface area contributed by atoms with E-state index in [-0.39, 0.29) is 17.1 Å². The van der Waals surface area contributed by atoms with Crippen LogP contribution in [0.4, 0.5) is 0 Å². The molecule has 0 aliphatic carbocycles. The molecule has 1 heterocycles. The van der Waals surface area contributed by atoms with Gasteiger partial charge in [0.15, 0.2) is 0 Å². The molecule has 0 unspecified atom stereocenters. The quantitative estimate of drug-likeness (QED) is 0.389. The third-order valence-corrected chi connectivity index (χ3v) is 3.49. The number of nitrogens with zero attached hydrogens (tertiary/aromatic N) is 2. The second-order valence-electron chi connectivity index (χ2n) is 5.20. The predicted octanol–water partition coefficient (Wildman–Crippen LogP) is 2.68. The van der Waals surface area contributed by atoms with Crippen LogP contribution in [0.1, 0.15) is 21.5 Å². The molecule has 0 saturated heterocycles. The van der Waals surface area contributed by atoms with E-state index in [2.05, 4.69) is 15.5 Å². The number of nitrogens with one attached hydrogen (secondary N) is 1. The molecule has 25 heavy (non-hydrogen) atoms. The number of carbonyl (C=O) groups excluding carboxylic acids is 1. The van der Waals surface area contributed by atoms with Gasteiger partial charge in [-0.2, -0.15) is 5.10 Å².